The van der Waals surface area contributed by atoms with Crippen molar-refractivity contribution >= 4 is 23.0 Å². The zero-order chi connectivity index (χ0) is 19.2. The van der Waals surface area contributed by atoms with Gasteiger partial charge in [0.15, 0.2) is 5.11 Å². The second-order valence-electron chi connectivity index (χ2n) is 6.77. The monoisotopic (exact) mass is 380 g/mol. The fraction of sp³-hybridized carbons (Fsp3) is 0.227. The molecule has 0 amide bonds. The Morgan fingerprint density at radius 2 is 1.78 bits per heavy atom. The van der Waals surface area contributed by atoms with Gasteiger partial charge in [-0.15, -0.1) is 0 Å². The largest absolute Gasteiger partial charge is 0.508 e. The molecule has 0 aliphatic heterocycles. The Balaban J connectivity index is 1.76. The molecular weight excluding hydrogens is 356 g/mol. The molecule has 2 N–H and O–H groups in total. The van der Waals surface area contributed by atoms with E-state index in [1.165, 1.54) is 5.56 Å². The van der Waals surface area contributed by atoms with E-state index in [0.29, 0.717) is 24.1 Å². The van der Waals surface area contributed by atoms with Crippen LogP contribution in [-0.2, 0) is 13.1 Å². The van der Waals surface area contributed by atoms with Crippen LogP contribution in [0.4, 0.5) is 5.69 Å². The Hall–Kier alpha value is -2.79. The van der Waals surface area contributed by atoms with Crippen LogP contribution in [0, 0.1) is 0 Å². The van der Waals surface area contributed by atoms with Crippen molar-refractivity contribution < 1.29 is 9.52 Å². The molecule has 1 aromatic heterocycles. The average molecular weight is 381 g/mol. The van der Waals surface area contributed by atoms with Crippen molar-refractivity contribution in [3.05, 3.63) is 83.8 Å². The highest BCUT2D eigenvalue weighted by atomic mass is 32.1. The fourth-order valence-corrected chi connectivity index (χ4v) is 3.04. The molecule has 0 spiro atoms. The number of furan rings is 1. The number of nitrogens with zero attached hydrogens (tertiary/aromatic N) is 1. The summed E-state index contributed by atoms with van der Waals surface area (Å²) < 4.78 is 5.48. The van der Waals surface area contributed by atoms with Gasteiger partial charge >= 0.3 is 0 Å². The number of phenols is 1. The summed E-state index contributed by atoms with van der Waals surface area (Å²) in [6.07, 6.45) is 1.65. The van der Waals surface area contributed by atoms with Crippen molar-refractivity contribution in [3.63, 3.8) is 0 Å². The highest BCUT2D eigenvalue weighted by Crippen LogP contribution is 2.21. The first-order valence-electron chi connectivity index (χ1n) is 8.98. The van der Waals surface area contributed by atoms with Crippen LogP contribution in [0.15, 0.2) is 71.3 Å². The van der Waals surface area contributed by atoms with Gasteiger partial charge in [-0.05, 0) is 54.0 Å². The second-order valence-corrected chi connectivity index (χ2v) is 7.16. The predicted octanol–water partition coefficient (Wildman–Crippen LogP) is 5.51. The van der Waals surface area contributed by atoms with Crippen LogP contribution in [0.1, 0.15) is 36.7 Å². The molecule has 0 unspecified atom stereocenters. The molecule has 0 bridgehead atoms. The maximum atomic E-state index is 10.1. The minimum absolute atomic E-state index is 0.256. The van der Waals surface area contributed by atoms with Crippen LogP contribution in [0.5, 0.6) is 5.75 Å². The van der Waals surface area contributed by atoms with Gasteiger partial charge in [-0.2, -0.15) is 0 Å². The van der Waals surface area contributed by atoms with E-state index < -0.39 is 0 Å². The van der Waals surface area contributed by atoms with Gasteiger partial charge in [0.2, 0.25) is 0 Å². The number of thiocarbonyl (C=S) groups is 1. The quantitative estimate of drug-likeness (QED) is 0.552. The summed E-state index contributed by atoms with van der Waals surface area (Å²) in [7, 11) is 0. The minimum Gasteiger partial charge on any atom is -0.508 e. The van der Waals surface area contributed by atoms with Crippen LogP contribution in [0.2, 0.25) is 0 Å². The molecule has 140 valence electrons. The maximum Gasteiger partial charge on any atom is 0.174 e. The lowest BCUT2D eigenvalue weighted by molar-refractivity contribution is 0.353. The SMILES string of the molecule is CC(C)c1ccc(NC(=S)N(Cc2ccco2)Cc2ccccc2O)cc1. The second kappa shape index (κ2) is 8.73. The lowest BCUT2D eigenvalue weighted by Crippen LogP contribution is -2.33. The number of hydrogen-bond donors (Lipinski definition) is 2. The number of para-hydroxylation sites is 1. The first-order valence-corrected chi connectivity index (χ1v) is 9.39. The Morgan fingerprint density at radius 3 is 2.41 bits per heavy atom. The molecule has 27 heavy (non-hydrogen) atoms. The first kappa shape index (κ1) is 19.0. The van der Waals surface area contributed by atoms with Crippen molar-refractivity contribution in [2.24, 2.45) is 0 Å². The zero-order valence-electron chi connectivity index (χ0n) is 15.6. The third-order valence-electron chi connectivity index (χ3n) is 4.40. The Kier molecular flexibility index (Phi) is 6.14. The summed E-state index contributed by atoms with van der Waals surface area (Å²) in [5.74, 6) is 1.55. The lowest BCUT2D eigenvalue weighted by atomic mass is 10.0. The first-order chi connectivity index (χ1) is 13.0. The number of phenolic OH excluding ortho intramolecular Hbond substituents is 1. The Bertz CT molecular complexity index is 874. The molecule has 0 saturated carbocycles. The molecule has 4 nitrogen and oxygen atoms in total. The smallest absolute Gasteiger partial charge is 0.174 e. The van der Waals surface area contributed by atoms with Crippen LogP contribution in [0.25, 0.3) is 0 Å². The van der Waals surface area contributed by atoms with Crippen molar-refractivity contribution in [3.8, 4) is 5.75 Å². The third kappa shape index (κ3) is 5.11. The van der Waals surface area contributed by atoms with E-state index in [4.69, 9.17) is 16.6 Å². The molecular formula is C22H24N2O2S. The molecule has 0 aliphatic carbocycles. The summed E-state index contributed by atoms with van der Waals surface area (Å²) in [6, 6.07) is 19.3. The molecule has 1 heterocycles. The van der Waals surface area contributed by atoms with Gasteiger partial charge < -0.3 is 19.7 Å². The van der Waals surface area contributed by atoms with E-state index in [1.807, 2.05) is 47.4 Å². The maximum absolute atomic E-state index is 10.1. The predicted molar refractivity (Wildman–Crippen MR) is 113 cm³/mol. The van der Waals surface area contributed by atoms with Crippen LogP contribution < -0.4 is 5.32 Å². The Morgan fingerprint density at radius 1 is 1.04 bits per heavy atom. The summed E-state index contributed by atoms with van der Waals surface area (Å²) in [4.78, 5) is 1.97. The molecule has 0 saturated heterocycles. The Labute approximate surface area is 165 Å². The van der Waals surface area contributed by atoms with Crippen LogP contribution in [-0.4, -0.2) is 15.1 Å². The average Bonchev–Trinajstić information content (AvgIpc) is 3.16. The van der Waals surface area contributed by atoms with Gasteiger partial charge in [-0.1, -0.05) is 44.2 Å². The summed E-state index contributed by atoms with van der Waals surface area (Å²) >= 11 is 5.65. The van der Waals surface area contributed by atoms with E-state index >= 15 is 0 Å². The number of nitrogens with one attached hydrogen (secondary N) is 1. The van der Waals surface area contributed by atoms with Crippen LogP contribution >= 0.6 is 12.2 Å². The van der Waals surface area contributed by atoms with E-state index in [2.05, 4.69) is 31.3 Å². The van der Waals surface area contributed by atoms with Gasteiger partial charge in [-0.3, -0.25) is 0 Å². The molecule has 0 fully saturated rings. The topological polar surface area (TPSA) is 48.6 Å². The standard InChI is InChI=1S/C22H24N2O2S/c1-16(2)17-9-11-19(12-10-17)23-22(27)24(15-20-7-5-13-26-20)14-18-6-3-4-8-21(18)25/h3-13,16,25H,14-15H2,1-2H3,(H,23,27). The molecule has 2 aromatic carbocycles. The number of benzene rings is 2. The molecule has 0 atom stereocenters. The third-order valence-corrected chi connectivity index (χ3v) is 4.76. The van der Waals surface area contributed by atoms with Crippen molar-refractivity contribution in [1.29, 1.82) is 0 Å². The summed E-state index contributed by atoms with van der Waals surface area (Å²) in [6.45, 7) is 5.33. The van der Waals surface area contributed by atoms with Crippen LogP contribution in [0.3, 0.4) is 0 Å². The van der Waals surface area contributed by atoms with E-state index in [9.17, 15) is 5.11 Å². The van der Waals surface area contributed by atoms with E-state index in [1.54, 1.807) is 12.3 Å². The molecule has 3 aromatic rings. The minimum atomic E-state index is 0.256. The molecule has 3 rings (SSSR count). The highest BCUT2D eigenvalue weighted by molar-refractivity contribution is 7.80. The number of anilines is 1. The highest BCUT2D eigenvalue weighted by Gasteiger charge is 2.15. The summed E-state index contributed by atoms with van der Waals surface area (Å²) in [5.41, 5.74) is 3.03. The zero-order valence-corrected chi connectivity index (χ0v) is 16.4. The van der Waals surface area contributed by atoms with E-state index in [-0.39, 0.29) is 5.75 Å². The number of aromatic hydroxyl groups is 1. The molecule has 0 radical (unpaired) electrons. The lowest BCUT2D eigenvalue weighted by Gasteiger charge is -2.25. The normalized spacial score (nSPS) is 10.8. The van der Waals surface area contributed by atoms with Crippen molar-refractivity contribution in [2.45, 2.75) is 32.9 Å². The van der Waals surface area contributed by atoms with E-state index in [0.717, 1.165) is 17.0 Å². The van der Waals surface area contributed by atoms with Gasteiger partial charge in [0.05, 0.1) is 12.8 Å². The summed E-state index contributed by atoms with van der Waals surface area (Å²) in [5, 5.41) is 14.0. The molecule has 0 aliphatic rings. The van der Waals surface area contributed by atoms with Gasteiger partial charge in [0, 0.05) is 17.8 Å². The van der Waals surface area contributed by atoms with Gasteiger partial charge in [0.25, 0.3) is 0 Å². The number of rotatable bonds is 6. The van der Waals surface area contributed by atoms with Gasteiger partial charge in [-0.25, -0.2) is 0 Å². The number of hydrogen-bond acceptors (Lipinski definition) is 3. The van der Waals surface area contributed by atoms with Crippen molar-refractivity contribution in [1.82, 2.24) is 4.90 Å². The van der Waals surface area contributed by atoms with Gasteiger partial charge in [0.1, 0.15) is 11.5 Å². The van der Waals surface area contributed by atoms with Crippen molar-refractivity contribution in [2.75, 3.05) is 5.32 Å². The molecule has 5 heteroatoms. The fourth-order valence-electron chi connectivity index (χ4n) is 2.79.